The second-order valence-electron chi connectivity index (χ2n) is 7.20. The molecule has 0 bridgehead atoms. The number of nitrogens with one attached hydrogen (secondary N) is 1. The molecule has 2 aromatic rings. The van der Waals surface area contributed by atoms with Crippen LogP contribution in [0.3, 0.4) is 0 Å². The first-order valence-corrected chi connectivity index (χ1v) is 9.37. The van der Waals surface area contributed by atoms with Gasteiger partial charge in [0, 0.05) is 31.0 Å². The van der Waals surface area contributed by atoms with E-state index in [9.17, 15) is 9.59 Å². The van der Waals surface area contributed by atoms with E-state index in [2.05, 4.69) is 15.3 Å². The molecule has 0 aliphatic rings. The fourth-order valence-electron chi connectivity index (χ4n) is 2.48. The van der Waals surface area contributed by atoms with Gasteiger partial charge in [-0.25, -0.2) is 14.8 Å². The lowest BCUT2D eigenvalue weighted by atomic mass is 10.1. The monoisotopic (exact) mass is 404 g/mol. The first kappa shape index (κ1) is 21.6. The lowest BCUT2D eigenvalue weighted by molar-refractivity contribution is -0.130. The number of benzene rings is 1. The van der Waals surface area contributed by atoms with Crippen LogP contribution < -0.4 is 5.32 Å². The van der Waals surface area contributed by atoms with Crippen LogP contribution in [0.2, 0.25) is 5.28 Å². The van der Waals surface area contributed by atoms with E-state index in [4.69, 9.17) is 16.3 Å². The lowest BCUT2D eigenvalue weighted by Gasteiger charge is -2.23. The molecule has 1 aromatic carbocycles. The third-order valence-electron chi connectivity index (χ3n) is 3.77. The number of carbonyl (C=O) groups is 2. The van der Waals surface area contributed by atoms with Crippen molar-refractivity contribution in [1.29, 1.82) is 0 Å². The van der Waals surface area contributed by atoms with E-state index in [1.54, 1.807) is 38.1 Å². The molecular weight excluding hydrogens is 380 g/mol. The molecule has 0 aliphatic heterocycles. The van der Waals surface area contributed by atoms with E-state index >= 15 is 0 Å². The normalized spacial score (nSPS) is 11.0. The van der Waals surface area contributed by atoms with Gasteiger partial charge in [0.2, 0.25) is 11.2 Å². The minimum atomic E-state index is -0.610. The van der Waals surface area contributed by atoms with Crippen molar-refractivity contribution in [1.82, 2.24) is 20.2 Å². The Morgan fingerprint density at radius 2 is 1.86 bits per heavy atom. The fourth-order valence-corrected chi connectivity index (χ4v) is 2.58. The summed E-state index contributed by atoms with van der Waals surface area (Å²) in [6, 6.07) is 7.77. The predicted octanol–water partition coefficient (Wildman–Crippen LogP) is 3.67. The van der Waals surface area contributed by atoms with Gasteiger partial charge in [0.15, 0.2) is 0 Å². The second kappa shape index (κ2) is 9.50. The lowest BCUT2D eigenvalue weighted by Crippen LogP contribution is -2.41. The number of amides is 2. The number of alkyl carbamates (subject to hydrolysis) is 1. The molecule has 0 unspecified atom stereocenters. The summed E-state index contributed by atoms with van der Waals surface area (Å²) in [5.41, 5.74) is 2.13. The summed E-state index contributed by atoms with van der Waals surface area (Å²) in [6.07, 6.45) is 2.70. The molecule has 0 radical (unpaired) electrons. The van der Waals surface area contributed by atoms with E-state index in [1.807, 2.05) is 31.2 Å². The molecule has 0 saturated heterocycles. The van der Waals surface area contributed by atoms with E-state index in [1.165, 1.54) is 0 Å². The van der Waals surface area contributed by atoms with Crippen molar-refractivity contribution in [2.75, 3.05) is 13.1 Å². The predicted molar refractivity (Wildman–Crippen MR) is 108 cm³/mol. The highest BCUT2D eigenvalue weighted by molar-refractivity contribution is 6.28. The van der Waals surface area contributed by atoms with Crippen LogP contribution in [-0.2, 0) is 16.1 Å². The highest BCUT2D eigenvalue weighted by Gasteiger charge is 2.18. The molecule has 0 atom stereocenters. The van der Waals surface area contributed by atoms with Gasteiger partial charge in [-0.3, -0.25) is 4.79 Å². The smallest absolute Gasteiger partial charge is 0.408 e. The zero-order chi connectivity index (χ0) is 20.7. The van der Waals surface area contributed by atoms with Gasteiger partial charge in [-0.05, 0) is 56.5 Å². The van der Waals surface area contributed by atoms with Crippen molar-refractivity contribution < 1.29 is 14.3 Å². The number of hydrogen-bond acceptors (Lipinski definition) is 5. The molecule has 7 nitrogen and oxygen atoms in total. The Bertz CT molecular complexity index is 819. The van der Waals surface area contributed by atoms with E-state index < -0.39 is 11.7 Å². The number of ether oxygens (including phenoxy) is 1. The maximum Gasteiger partial charge on any atom is 0.408 e. The SMILES string of the molecule is CCN(Cc1cccc(-c2cnc(Cl)nc2)c1)C(=O)CNC(=O)OC(C)(C)C. The van der Waals surface area contributed by atoms with E-state index in [0.717, 1.165) is 16.7 Å². The topological polar surface area (TPSA) is 84.4 Å². The Hall–Kier alpha value is -2.67. The summed E-state index contributed by atoms with van der Waals surface area (Å²) in [5.74, 6) is -0.186. The molecule has 1 heterocycles. The molecule has 1 aromatic heterocycles. The minimum Gasteiger partial charge on any atom is -0.444 e. The van der Waals surface area contributed by atoms with Gasteiger partial charge in [-0.1, -0.05) is 18.2 Å². The molecule has 0 aliphatic carbocycles. The highest BCUT2D eigenvalue weighted by atomic mass is 35.5. The zero-order valence-electron chi connectivity index (χ0n) is 16.5. The molecular formula is C20H25ClN4O3. The Morgan fingerprint density at radius 3 is 2.46 bits per heavy atom. The molecule has 28 heavy (non-hydrogen) atoms. The summed E-state index contributed by atoms with van der Waals surface area (Å²) in [4.78, 5) is 33.8. The highest BCUT2D eigenvalue weighted by Crippen LogP contribution is 2.20. The van der Waals surface area contributed by atoms with Crippen LogP contribution >= 0.6 is 11.6 Å². The maximum atomic E-state index is 12.5. The first-order valence-electron chi connectivity index (χ1n) is 8.99. The molecule has 1 N–H and O–H groups in total. The molecule has 0 saturated carbocycles. The summed E-state index contributed by atoms with van der Waals surface area (Å²) < 4.78 is 5.15. The van der Waals surface area contributed by atoms with Gasteiger partial charge in [-0.2, -0.15) is 0 Å². The number of likely N-dealkylation sites (N-methyl/N-ethyl adjacent to an activating group) is 1. The molecule has 2 amide bonds. The van der Waals surface area contributed by atoms with E-state index in [0.29, 0.717) is 13.1 Å². The molecule has 150 valence electrons. The van der Waals surface area contributed by atoms with Crippen molar-refractivity contribution in [2.24, 2.45) is 0 Å². The summed E-state index contributed by atoms with van der Waals surface area (Å²) in [5, 5.41) is 2.70. The Morgan fingerprint density at radius 1 is 1.18 bits per heavy atom. The van der Waals surface area contributed by atoms with Crippen LogP contribution in [0.5, 0.6) is 0 Å². The summed E-state index contributed by atoms with van der Waals surface area (Å²) in [7, 11) is 0. The van der Waals surface area contributed by atoms with Crippen molar-refractivity contribution in [2.45, 2.75) is 39.8 Å². The molecule has 2 rings (SSSR count). The minimum absolute atomic E-state index is 0.118. The van der Waals surface area contributed by atoms with E-state index in [-0.39, 0.29) is 17.7 Å². The van der Waals surface area contributed by atoms with Crippen LogP contribution in [0.4, 0.5) is 4.79 Å². The quantitative estimate of drug-likeness (QED) is 0.742. The van der Waals surface area contributed by atoms with Crippen LogP contribution in [-0.4, -0.2) is 45.6 Å². The van der Waals surface area contributed by atoms with Gasteiger partial charge in [0.1, 0.15) is 12.1 Å². The van der Waals surface area contributed by atoms with Crippen molar-refractivity contribution in [3.05, 3.63) is 47.5 Å². The molecule has 0 spiro atoms. The van der Waals surface area contributed by atoms with Crippen LogP contribution in [0.1, 0.15) is 33.3 Å². The number of halogens is 1. The number of carbonyl (C=O) groups excluding carboxylic acids is 2. The van der Waals surface area contributed by atoms with Crippen LogP contribution in [0.25, 0.3) is 11.1 Å². The van der Waals surface area contributed by atoms with Gasteiger partial charge in [0.25, 0.3) is 0 Å². The Labute approximate surface area is 170 Å². The third kappa shape index (κ3) is 6.81. The number of hydrogen-bond donors (Lipinski definition) is 1. The maximum absolute atomic E-state index is 12.5. The third-order valence-corrected chi connectivity index (χ3v) is 3.97. The average molecular weight is 405 g/mol. The van der Waals surface area contributed by atoms with Gasteiger partial charge in [-0.15, -0.1) is 0 Å². The van der Waals surface area contributed by atoms with Crippen LogP contribution in [0, 0.1) is 0 Å². The fraction of sp³-hybridized carbons (Fsp3) is 0.400. The Balaban J connectivity index is 2.00. The first-order chi connectivity index (χ1) is 13.2. The van der Waals surface area contributed by atoms with Gasteiger partial charge in [0.05, 0.1) is 0 Å². The van der Waals surface area contributed by atoms with Crippen LogP contribution in [0.15, 0.2) is 36.7 Å². The molecule has 8 heteroatoms. The number of aromatic nitrogens is 2. The average Bonchev–Trinajstić information content (AvgIpc) is 2.63. The number of nitrogens with zero attached hydrogens (tertiary/aromatic N) is 3. The largest absolute Gasteiger partial charge is 0.444 e. The standard InChI is InChI=1S/C20H25ClN4O3/c1-5-25(17(26)12-24-19(27)28-20(2,3)4)13-14-7-6-8-15(9-14)16-10-22-18(21)23-11-16/h6-11H,5,12-13H2,1-4H3,(H,24,27). The van der Waals surface area contributed by atoms with Crippen molar-refractivity contribution in [3.8, 4) is 11.1 Å². The summed E-state index contributed by atoms with van der Waals surface area (Å²) >= 11 is 5.73. The second-order valence-corrected chi connectivity index (χ2v) is 7.54. The molecule has 0 fully saturated rings. The Kier molecular flexibility index (Phi) is 7.34. The zero-order valence-corrected chi connectivity index (χ0v) is 17.3. The summed E-state index contributed by atoms with van der Waals surface area (Å²) in [6.45, 7) is 8.02. The van der Waals surface area contributed by atoms with Crippen molar-refractivity contribution in [3.63, 3.8) is 0 Å². The van der Waals surface area contributed by atoms with Crippen molar-refractivity contribution >= 4 is 23.6 Å². The van der Waals surface area contributed by atoms with Gasteiger partial charge >= 0.3 is 6.09 Å². The number of rotatable bonds is 6. The van der Waals surface area contributed by atoms with Gasteiger partial charge < -0.3 is 15.0 Å².